The van der Waals surface area contributed by atoms with E-state index in [4.69, 9.17) is 14.9 Å². The van der Waals surface area contributed by atoms with Gasteiger partial charge in [0, 0.05) is 14.2 Å². The van der Waals surface area contributed by atoms with Crippen LogP contribution in [0.4, 0.5) is 4.79 Å². The number of methoxy groups -OCH3 is 1. The molecule has 0 aliphatic rings. The van der Waals surface area contributed by atoms with Gasteiger partial charge in [-0.25, -0.2) is 9.59 Å². The molecule has 0 saturated heterocycles. The summed E-state index contributed by atoms with van der Waals surface area (Å²) in [7, 11) is 3.03. The van der Waals surface area contributed by atoms with Gasteiger partial charge in [0.2, 0.25) is 0 Å². The van der Waals surface area contributed by atoms with Crippen LogP contribution < -0.4 is 5.32 Å². The summed E-state index contributed by atoms with van der Waals surface area (Å²) in [6.07, 6.45) is 0. The third-order valence-electron chi connectivity index (χ3n) is 2.17. The number of nitrogens with one attached hydrogen (secondary N) is 1. The molecule has 3 N–H and O–H groups in total. The molecule has 0 rings (SSSR count). The van der Waals surface area contributed by atoms with Gasteiger partial charge in [-0.2, -0.15) is 0 Å². The molecule has 16 heavy (non-hydrogen) atoms. The fourth-order valence-electron chi connectivity index (χ4n) is 0.990. The minimum absolute atomic E-state index is 0.182. The third-order valence-corrected chi connectivity index (χ3v) is 2.17. The highest BCUT2D eigenvalue weighted by Gasteiger charge is 2.22. The van der Waals surface area contributed by atoms with Crippen molar-refractivity contribution in [2.45, 2.75) is 19.0 Å². The lowest BCUT2D eigenvalue weighted by molar-refractivity contribution is -0.140. The first-order valence-electron chi connectivity index (χ1n) is 4.80. The van der Waals surface area contributed by atoms with Crippen LogP contribution in [0.3, 0.4) is 0 Å². The molecule has 0 radical (unpaired) electrons. The number of aliphatic hydroxyl groups is 1. The number of aliphatic hydroxyl groups excluding tert-OH is 1. The number of carbonyl (C=O) groups excluding carboxylic acids is 1. The maximum Gasteiger partial charge on any atom is 0.328 e. The van der Waals surface area contributed by atoms with Gasteiger partial charge in [-0.1, -0.05) is 0 Å². The van der Waals surface area contributed by atoms with Crippen molar-refractivity contribution >= 4 is 12.0 Å². The van der Waals surface area contributed by atoms with E-state index in [1.54, 1.807) is 6.92 Å². The Morgan fingerprint density at radius 2 is 2.06 bits per heavy atom. The summed E-state index contributed by atoms with van der Waals surface area (Å²) < 4.78 is 4.87. The van der Waals surface area contributed by atoms with Gasteiger partial charge in [-0.3, -0.25) is 0 Å². The van der Waals surface area contributed by atoms with Crippen LogP contribution in [0.25, 0.3) is 0 Å². The van der Waals surface area contributed by atoms with Crippen LogP contribution in [0.2, 0.25) is 0 Å². The topological polar surface area (TPSA) is 99.1 Å². The van der Waals surface area contributed by atoms with Gasteiger partial charge in [0.15, 0.2) is 6.04 Å². The van der Waals surface area contributed by atoms with Crippen molar-refractivity contribution in [2.75, 3.05) is 27.4 Å². The Bertz CT molecular complexity index is 246. The summed E-state index contributed by atoms with van der Waals surface area (Å²) in [5.74, 6) is -1.27. The van der Waals surface area contributed by atoms with Gasteiger partial charge >= 0.3 is 12.0 Å². The Labute approximate surface area is 94.0 Å². The molecule has 0 spiro atoms. The van der Waals surface area contributed by atoms with Crippen molar-refractivity contribution < 1.29 is 24.5 Å². The second-order valence-corrected chi connectivity index (χ2v) is 3.44. The Morgan fingerprint density at radius 1 is 1.50 bits per heavy atom. The van der Waals surface area contributed by atoms with Crippen LogP contribution in [-0.2, 0) is 9.53 Å². The van der Waals surface area contributed by atoms with Gasteiger partial charge in [-0.15, -0.1) is 0 Å². The predicted octanol–water partition coefficient (Wildman–Crippen LogP) is -0.892. The third kappa shape index (κ3) is 4.45. The van der Waals surface area contributed by atoms with Crippen molar-refractivity contribution in [3.8, 4) is 0 Å². The molecule has 7 heteroatoms. The highest BCUT2D eigenvalue weighted by atomic mass is 16.5. The Kier molecular flexibility index (Phi) is 6.43. The first-order chi connectivity index (χ1) is 7.43. The molecule has 0 aromatic carbocycles. The highest BCUT2D eigenvalue weighted by molar-refractivity contribution is 5.82. The summed E-state index contributed by atoms with van der Waals surface area (Å²) in [4.78, 5) is 23.4. The van der Waals surface area contributed by atoms with E-state index in [9.17, 15) is 9.59 Å². The van der Waals surface area contributed by atoms with Crippen molar-refractivity contribution in [1.82, 2.24) is 10.2 Å². The summed E-state index contributed by atoms with van der Waals surface area (Å²) in [5.41, 5.74) is 0. The summed E-state index contributed by atoms with van der Waals surface area (Å²) in [6, 6.07) is -2.03. The van der Waals surface area contributed by atoms with E-state index in [0.29, 0.717) is 6.61 Å². The molecule has 0 saturated carbocycles. The lowest BCUT2D eigenvalue weighted by Gasteiger charge is -2.25. The smallest absolute Gasteiger partial charge is 0.328 e. The van der Waals surface area contributed by atoms with Crippen molar-refractivity contribution in [2.24, 2.45) is 0 Å². The van der Waals surface area contributed by atoms with E-state index in [-0.39, 0.29) is 6.04 Å². The quantitative estimate of drug-likeness (QED) is 0.553. The van der Waals surface area contributed by atoms with Crippen molar-refractivity contribution in [1.29, 1.82) is 0 Å². The van der Waals surface area contributed by atoms with Crippen LogP contribution in [0.15, 0.2) is 0 Å². The minimum atomic E-state index is -1.29. The zero-order valence-corrected chi connectivity index (χ0v) is 9.64. The molecule has 0 fully saturated rings. The largest absolute Gasteiger partial charge is 0.480 e. The molecule has 94 valence electrons. The Hall–Kier alpha value is -1.34. The van der Waals surface area contributed by atoms with Crippen LogP contribution in [0.1, 0.15) is 6.92 Å². The fourth-order valence-corrected chi connectivity index (χ4v) is 0.990. The molecule has 1 unspecified atom stereocenters. The second-order valence-electron chi connectivity index (χ2n) is 3.44. The number of carbonyl (C=O) groups is 2. The van der Waals surface area contributed by atoms with Gasteiger partial charge in [0.1, 0.15) is 0 Å². The predicted molar refractivity (Wildman–Crippen MR) is 56.1 cm³/mol. The standard InChI is InChI=1S/C9H18N2O5/c1-6(5-16-3)11(2)9(15)10-7(4-12)8(13)14/h6-7,12H,4-5H2,1-3H3,(H,10,15)(H,13,14)/t6?,7-/m1/s1. The van der Waals surface area contributed by atoms with E-state index in [0.717, 1.165) is 0 Å². The van der Waals surface area contributed by atoms with E-state index in [2.05, 4.69) is 5.32 Å². The monoisotopic (exact) mass is 234 g/mol. The summed E-state index contributed by atoms with van der Waals surface area (Å²) in [5, 5.41) is 19.5. The van der Waals surface area contributed by atoms with Gasteiger partial charge in [-0.05, 0) is 6.92 Å². The first kappa shape index (κ1) is 14.7. The zero-order chi connectivity index (χ0) is 12.7. The highest BCUT2D eigenvalue weighted by Crippen LogP contribution is 1.97. The maximum atomic E-state index is 11.5. The molecule has 7 nitrogen and oxygen atoms in total. The Balaban J connectivity index is 4.28. The van der Waals surface area contributed by atoms with Crippen LogP contribution in [-0.4, -0.2) is 66.6 Å². The number of urea groups is 1. The van der Waals surface area contributed by atoms with Gasteiger partial charge in [0.05, 0.1) is 19.3 Å². The molecular weight excluding hydrogens is 216 g/mol. The number of aliphatic carboxylic acids is 1. The molecule has 0 aliphatic heterocycles. The number of carboxylic acids is 1. The minimum Gasteiger partial charge on any atom is -0.480 e. The van der Waals surface area contributed by atoms with E-state index < -0.39 is 24.6 Å². The summed E-state index contributed by atoms with van der Waals surface area (Å²) in [6.45, 7) is 1.46. The number of rotatable bonds is 6. The number of amides is 2. The molecule has 0 aromatic rings. The number of carboxylic acid groups (broad SMARTS) is 1. The lowest BCUT2D eigenvalue weighted by atomic mass is 10.3. The second kappa shape index (κ2) is 7.02. The summed E-state index contributed by atoms with van der Waals surface area (Å²) >= 11 is 0. The van der Waals surface area contributed by atoms with Crippen molar-refractivity contribution in [3.05, 3.63) is 0 Å². The van der Waals surface area contributed by atoms with E-state index in [1.807, 2.05) is 0 Å². The van der Waals surface area contributed by atoms with Crippen molar-refractivity contribution in [3.63, 3.8) is 0 Å². The number of hydrogen-bond donors (Lipinski definition) is 3. The number of likely N-dealkylation sites (N-methyl/N-ethyl adjacent to an activating group) is 1. The average molecular weight is 234 g/mol. The van der Waals surface area contributed by atoms with Gasteiger partial charge in [0.25, 0.3) is 0 Å². The maximum absolute atomic E-state index is 11.5. The molecule has 2 amide bonds. The first-order valence-corrected chi connectivity index (χ1v) is 4.80. The zero-order valence-electron chi connectivity index (χ0n) is 9.64. The van der Waals surface area contributed by atoms with Crippen LogP contribution in [0, 0.1) is 0 Å². The van der Waals surface area contributed by atoms with E-state index in [1.165, 1.54) is 19.1 Å². The molecular formula is C9H18N2O5. The molecule has 0 aliphatic carbocycles. The van der Waals surface area contributed by atoms with Crippen LogP contribution in [0.5, 0.6) is 0 Å². The number of nitrogens with zero attached hydrogens (tertiary/aromatic N) is 1. The Morgan fingerprint density at radius 3 is 2.44 bits per heavy atom. The number of hydrogen-bond acceptors (Lipinski definition) is 4. The van der Waals surface area contributed by atoms with Crippen LogP contribution >= 0.6 is 0 Å². The number of ether oxygens (including phenoxy) is 1. The molecule has 0 aromatic heterocycles. The van der Waals surface area contributed by atoms with Gasteiger partial charge < -0.3 is 25.2 Å². The normalized spacial score (nSPS) is 14.0. The van der Waals surface area contributed by atoms with E-state index >= 15 is 0 Å². The molecule has 0 bridgehead atoms. The molecule has 0 heterocycles. The molecule has 2 atom stereocenters. The fraction of sp³-hybridized carbons (Fsp3) is 0.778. The lowest BCUT2D eigenvalue weighted by Crippen LogP contribution is -2.51. The average Bonchev–Trinajstić information content (AvgIpc) is 2.24. The SMILES string of the molecule is COCC(C)N(C)C(=O)N[C@H](CO)C(=O)O.